The molecule has 2 heterocycles. The number of hydrogen-bond acceptors (Lipinski definition) is 6. The first-order chi connectivity index (χ1) is 13.6. The molecule has 4 rings (SSSR count). The number of aromatic amines is 1. The summed E-state index contributed by atoms with van der Waals surface area (Å²) in [6.07, 6.45) is -2.74. The van der Waals surface area contributed by atoms with Gasteiger partial charge < -0.3 is 9.40 Å². The number of nitrogens with zero attached hydrogens (tertiary/aromatic N) is 3. The average Bonchev–Trinajstić information content (AvgIpc) is 3.11. The fourth-order valence-electron chi connectivity index (χ4n) is 2.95. The Balaban J connectivity index is 2.03. The second-order valence-corrected chi connectivity index (χ2v) is 8.33. The smallest absolute Gasteiger partial charge is 0.326 e. The highest BCUT2D eigenvalue weighted by Gasteiger charge is 2.47. The number of imidazole rings is 1. The first-order valence-corrected chi connectivity index (χ1v) is 9.70. The quantitative estimate of drug-likeness (QED) is 0.569. The number of benzene rings is 1. The maximum atomic E-state index is 14.9. The van der Waals surface area contributed by atoms with Crippen molar-refractivity contribution < 1.29 is 30.4 Å². The van der Waals surface area contributed by atoms with Crippen LogP contribution in [0.2, 0.25) is 0 Å². The number of H-pyrrole nitrogens is 1. The number of aryl methyl sites for hydroxylation is 1. The van der Waals surface area contributed by atoms with Crippen LogP contribution in [-0.2, 0) is 17.1 Å². The number of nitrogens with one attached hydrogen (secondary N) is 2. The molecule has 3 aromatic rings. The van der Waals surface area contributed by atoms with E-state index in [0.717, 1.165) is 10.6 Å². The van der Waals surface area contributed by atoms with E-state index in [2.05, 4.69) is 19.9 Å². The molecule has 14 heteroatoms. The molecule has 0 saturated heterocycles. The average molecular weight is 435 g/mol. The summed E-state index contributed by atoms with van der Waals surface area (Å²) in [5.41, 5.74) is -2.96. The van der Waals surface area contributed by atoms with Gasteiger partial charge in [-0.3, -0.25) is 4.57 Å². The SMILES string of the molecule is Cn1c(=O)[nH]c2c(-c3nnc(C(F)F)o3)c(S(=O)(=O)NC3(CF)CC3)c(F)cc21. The summed E-state index contributed by atoms with van der Waals surface area (Å²) in [7, 11) is -3.41. The first kappa shape index (κ1) is 19.6. The minimum Gasteiger partial charge on any atom is -0.415 e. The zero-order valence-electron chi connectivity index (χ0n) is 14.7. The molecule has 0 spiro atoms. The van der Waals surface area contributed by atoms with E-state index in [9.17, 15) is 30.8 Å². The van der Waals surface area contributed by atoms with E-state index >= 15 is 0 Å². The van der Waals surface area contributed by atoms with Gasteiger partial charge in [0.1, 0.15) is 17.4 Å². The molecule has 0 amide bonds. The van der Waals surface area contributed by atoms with Crippen molar-refractivity contribution in [2.75, 3.05) is 6.67 Å². The monoisotopic (exact) mass is 435 g/mol. The maximum absolute atomic E-state index is 14.9. The summed E-state index contributed by atoms with van der Waals surface area (Å²) < 4.78 is 87.5. The van der Waals surface area contributed by atoms with Crippen molar-refractivity contribution in [2.45, 2.75) is 29.7 Å². The molecule has 1 saturated carbocycles. The van der Waals surface area contributed by atoms with Gasteiger partial charge >= 0.3 is 12.1 Å². The maximum Gasteiger partial charge on any atom is 0.326 e. The highest BCUT2D eigenvalue weighted by Crippen LogP contribution is 2.40. The Morgan fingerprint density at radius 1 is 1.38 bits per heavy atom. The summed E-state index contributed by atoms with van der Waals surface area (Å²) in [4.78, 5) is 13.3. The molecule has 9 nitrogen and oxygen atoms in total. The summed E-state index contributed by atoms with van der Waals surface area (Å²) in [6, 6.07) is 0.782. The molecule has 1 aromatic carbocycles. The van der Waals surface area contributed by atoms with Crippen LogP contribution in [0.5, 0.6) is 0 Å². The van der Waals surface area contributed by atoms with E-state index in [1.165, 1.54) is 7.05 Å². The van der Waals surface area contributed by atoms with Crippen LogP contribution in [0, 0.1) is 5.82 Å². The minimum atomic E-state index is -4.69. The molecular formula is C15H13F4N5O4S. The van der Waals surface area contributed by atoms with Gasteiger partial charge in [-0.1, -0.05) is 0 Å². The zero-order valence-corrected chi connectivity index (χ0v) is 15.5. The van der Waals surface area contributed by atoms with Crippen molar-refractivity contribution in [3.63, 3.8) is 0 Å². The van der Waals surface area contributed by atoms with Gasteiger partial charge in [-0.2, -0.15) is 8.78 Å². The molecule has 29 heavy (non-hydrogen) atoms. The van der Waals surface area contributed by atoms with Crippen LogP contribution in [0.3, 0.4) is 0 Å². The van der Waals surface area contributed by atoms with Crippen LogP contribution in [0.15, 0.2) is 20.2 Å². The van der Waals surface area contributed by atoms with Gasteiger partial charge in [0.2, 0.25) is 10.0 Å². The molecule has 156 valence electrons. The van der Waals surface area contributed by atoms with E-state index in [-0.39, 0.29) is 23.9 Å². The van der Waals surface area contributed by atoms with Crippen molar-refractivity contribution in [2.24, 2.45) is 7.05 Å². The molecule has 1 aliphatic rings. The Morgan fingerprint density at radius 2 is 2.07 bits per heavy atom. The predicted molar refractivity (Wildman–Crippen MR) is 90.0 cm³/mol. The van der Waals surface area contributed by atoms with Crippen LogP contribution in [0.4, 0.5) is 17.6 Å². The molecule has 2 N–H and O–H groups in total. The molecular weight excluding hydrogens is 422 g/mol. The lowest BCUT2D eigenvalue weighted by atomic mass is 10.1. The van der Waals surface area contributed by atoms with Crippen molar-refractivity contribution >= 4 is 21.1 Å². The summed E-state index contributed by atoms with van der Waals surface area (Å²) in [5.74, 6) is -3.16. The van der Waals surface area contributed by atoms with E-state index in [1.807, 2.05) is 0 Å². The van der Waals surface area contributed by atoms with Crippen LogP contribution in [0.1, 0.15) is 25.2 Å². The number of rotatable bonds is 6. The third kappa shape index (κ3) is 3.11. The molecule has 0 aliphatic heterocycles. The minimum absolute atomic E-state index is 0.0649. The molecule has 1 fully saturated rings. The van der Waals surface area contributed by atoms with Crippen molar-refractivity contribution in [1.82, 2.24) is 24.5 Å². The Kier molecular flexibility index (Phi) is 4.31. The summed E-state index contributed by atoms with van der Waals surface area (Å²) >= 11 is 0. The number of hydrogen-bond donors (Lipinski definition) is 2. The van der Waals surface area contributed by atoms with Gasteiger partial charge in [-0.05, 0) is 12.8 Å². The van der Waals surface area contributed by atoms with Gasteiger partial charge in [-0.15, -0.1) is 10.2 Å². The lowest BCUT2D eigenvalue weighted by Crippen LogP contribution is -2.39. The second kappa shape index (κ2) is 6.38. The number of fused-ring (bicyclic) bond motifs is 1. The lowest BCUT2D eigenvalue weighted by Gasteiger charge is -2.16. The normalized spacial score (nSPS) is 16.1. The van der Waals surface area contributed by atoms with Crippen LogP contribution in [0.25, 0.3) is 22.5 Å². The lowest BCUT2D eigenvalue weighted by molar-refractivity contribution is 0.116. The molecule has 0 radical (unpaired) electrons. The Labute approximate surface area is 159 Å². The second-order valence-electron chi connectivity index (χ2n) is 6.71. The summed E-state index contributed by atoms with van der Waals surface area (Å²) in [6.45, 7) is -1.01. The Hall–Kier alpha value is -2.74. The summed E-state index contributed by atoms with van der Waals surface area (Å²) in [5, 5.41) is 6.50. The topological polar surface area (TPSA) is 123 Å². The van der Waals surface area contributed by atoms with E-state index in [4.69, 9.17) is 4.42 Å². The fourth-order valence-corrected chi connectivity index (χ4v) is 4.66. The standard InChI is InChI=1S/C15H13F4N5O4S/c1-24-7-4-6(17)10(29(26,27)23-15(5-16)2-3-15)8(9(7)20-14(24)25)12-21-22-13(28-12)11(18)19/h4,11,23H,2-3,5H2,1H3,(H,20,25). The third-order valence-electron chi connectivity index (χ3n) is 4.68. The van der Waals surface area contributed by atoms with Crippen LogP contribution >= 0.6 is 0 Å². The van der Waals surface area contributed by atoms with Crippen molar-refractivity contribution in [3.05, 3.63) is 28.3 Å². The van der Waals surface area contributed by atoms with E-state index < -0.39 is 62.4 Å². The Bertz CT molecular complexity index is 1280. The van der Waals surface area contributed by atoms with Gasteiger partial charge in [0, 0.05) is 13.1 Å². The largest absolute Gasteiger partial charge is 0.415 e. The number of aromatic nitrogens is 4. The number of halogens is 4. The third-order valence-corrected chi connectivity index (χ3v) is 6.32. The fraction of sp³-hybridized carbons (Fsp3) is 0.400. The van der Waals surface area contributed by atoms with Crippen LogP contribution in [-0.4, -0.2) is 40.4 Å². The van der Waals surface area contributed by atoms with Gasteiger partial charge in [0.05, 0.1) is 22.1 Å². The van der Waals surface area contributed by atoms with Gasteiger partial charge in [-0.25, -0.2) is 26.7 Å². The molecule has 0 bridgehead atoms. The Morgan fingerprint density at radius 3 is 2.62 bits per heavy atom. The number of sulfonamides is 1. The van der Waals surface area contributed by atoms with E-state index in [0.29, 0.717) is 0 Å². The van der Waals surface area contributed by atoms with Crippen LogP contribution < -0.4 is 10.4 Å². The highest BCUT2D eigenvalue weighted by atomic mass is 32.2. The first-order valence-electron chi connectivity index (χ1n) is 8.21. The van der Waals surface area contributed by atoms with E-state index in [1.54, 1.807) is 0 Å². The predicted octanol–water partition coefficient (Wildman–Crippen LogP) is 1.77. The zero-order chi connectivity index (χ0) is 21.1. The molecule has 0 atom stereocenters. The number of alkyl halides is 3. The van der Waals surface area contributed by atoms with Crippen molar-refractivity contribution in [1.29, 1.82) is 0 Å². The molecule has 0 unspecified atom stereocenters. The van der Waals surface area contributed by atoms with Crippen molar-refractivity contribution in [3.8, 4) is 11.5 Å². The highest BCUT2D eigenvalue weighted by molar-refractivity contribution is 7.89. The molecule has 1 aliphatic carbocycles. The van der Waals surface area contributed by atoms with Gasteiger partial charge in [0.25, 0.3) is 11.8 Å². The molecule has 2 aromatic heterocycles. The van der Waals surface area contributed by atoms with Gasteiger partial charge in [0.15, 0.2) is 0 Å².